The average molecular weight is 618 g/mol. The maximum absolute atomic E-state index is 17.2. The van der Waals surface area contributed by atoms with E-state index in [4.69, 9.17) is 29.2 Å². The molecule has 0 spiro atoms. The summed E-state index contributed by atoms with van der Waals surface area (Å²) in [5, 5.41) is 8.68. The number of rotatable bonds is 4. The number of pyridine rings is 1. The fourth-order valence-electron chi connectivity index (χ4n) is 8.65. The maximum Gasteiger partial charge on any atom is 0.319 e. The lowest BCUT2D eigenvalue weighted by Crippen LogP contribution is -2.43. The summed E-state index contributed by atoms with van der Waals surface area (Å²) in [6.45, 7) is 5.81. The Hall–Kier alpha value is -3.64. The molecule has 45 heavy (non-hydrogen) atoms. The summed E-state index contributed by atoms with van der Waals surface area (Å²) in [5.41, 5.74) is 3.84. The molecule has 0 radical (unpaired) electrons. The van der Waals surface area contributed by atoms with Crippen molar-refractivity contribution in [3.05, 3.63) is 29.2 Å². The number of benzene rings is 1. The van der Waals surface area contributed by atoms with Crippen molar-refractivity contribution in [1.82, 2.24) is 30.0 Å². The van der Waals surface area contributed by atoms with Crippen molar-refractivity contribution in [3.8, 4) is 23.1 Å². The highest BCUT2D eigenvalue weighted by Crippen LogP contribution is 2.47. The molecule has 1 aromatic carbocycles. The summed E-state index contributed by atoms with van der Waals surface area (Å²) < 4.78 is 50.4. The minimum Gasteiger partial charge on any atom is -0.475 e. The van der Waals surface area contributed by atoms with Crippen LogP contribution in [0.25, 0.3) is 33.1 Å². The molecule has 5 aliphatic rings. The number of aryl methyl sites for hydroxylation is 1. The van der Waals surface area contributed by atoms with Crippen molar-refractivity contribution in [3.63, 3.8) is 0 Å². The monoisotopic (exact) mass is 617 g/mol. The number of hydrogen-bond acceptors (Lipinski definition) is 9. The number of nitrogens with one attached hydrogen (secondary N) is 1. The molecule has 4 aliphatic heterocycles. The highest BCUT2D eigenvalue weighted by atomic mass is 19.1. The molecule has 3 fully saturated rings. The maximum atomic E-state index is 17.2. The van der Waals surface area contributed by atoms with Crippen molar-refractivity contribution >= 4 is 27.6 Å². The molecule has 10 nitrogen and oxygen atoms in total. The molecule has 0 amide bonds. The van der Waals surface area contributed by atoms with Gasteiger partial charge in [-0.3, -0.25) is 10.00 Å². The molecule has 0 bridgehead atoms. The van der Waals surface area contributed by atoms with Crippen LogP contribution in [0.5, 0.6) is 11.9 Å². The van der Waals surface area contributed by atoms with Crippen LogP contribution in [0.2, 0.25) is 0 Å². The zero-order chi connectivity index (χ0) is 30.3. The Morgan fingerprint density at radius 1 is 1.16 bits per heavy atom. The second kappa shape index (κ2) is 10.4. The van der Waals surface area contributed by atoms with E-state index in [1.165, 1.54) is 5.56 Å². The van der Waals surface area contributed by atoms with Gasteiger partial charge in [-0.15, -0.1) is 0 Å². The molecular weight excluding hydrogens is 580 g/mol. The quantitative estimate of drug-likeness (QED) is 0.336. The largest absolute Gasteiger partial charge is 0.475 e. The SMILES string of the molecule is C[C@@H]1CCCc2cc3[nH]ncc3c(-c3nc4c5c(nc(OC[C@@]67CCCN6C[C@H](F)C7)nc5c3F)N3CCCOC[C@H]3CO4)c21. The molecule has 7 heterocycles. The normalized spacial score (nSPS) is 28.0. The van der Waals surface area contributed by atoms with Crippen molar-refractivity contribution in [1.29, 1.82) is 0 Å². The molecule has 3 aromatic heterocycles. The van der Waals surface area contributed by atoms with Crippen molar-refractivity contribution in [2.24, 2.45) is 0 Å². The van der Waals surface area contributed by atoms with Gasteiger partial charge in [0.05, 0.1) is 29.9 Å². The lowest BCUT2D eigenvalue weighted by molar-refractivity contribution is 0.107. The van der Waals surface area contributed by atoms with Gasteiger partial charge in [-0.1, -0.05) is 6.92 Å². The van der Waals surface area contributed by atoms with Gasteiger partial charge in [-0.05, 0) is 68.2 Å². The van der Waals surface area contributed by atoms with Crippen molar-refractivity contribution in [2.75, 3.05) is 51.0 Å². The molecule has 1 N–H and O–H groups in total. The summed E-state index contributed by atoms with van der Waals surface area (Å²) in [5.74, 6) is 0.553. The predicted octanol–water partition coefficient (Wildman–Crippen LogP) is 5.09. The molecule has 1 aliphatic carbocycles. The first kappa shape index (κ1) is 27.7. The minimum absolute atomic E-state index is 0.0887. The van der Waals surface area contributed by atoms with E-state index < -0.39 is 12.0 Å². The third-order valence-corrected chi connectivity index (χ3v) is 10.8. The van der Waals surface area contributed by atoms with Crippen LogP contribution in [0, 0.1) is 5.82 Å². The van der Waals surface area contributed by atoms with Gasteiger partial charge < -0.3 is 19.1 Å². The number of nitrogens with zero attached hydrogens (tertiary/aromatic N) is 6. The zero-order valence-corrected chi connectivity index (χ0v) is 25.5. The van der Waals surface area contributed by atoms with E-state index in [9.17, 15) is 4.39 Å². The lowest BCUT2D eigenvalue weighted by Gasteiger charge is -2.31. The number of hydrogen-bond donors (Lipinski definition) is 1. The van der Waals surface area contributed by atoms with Gasteiger partial charge in [-0.25, -0.2) is 13.8 Å². The minimum atomic E-state index is -0.876. The van der Waals surface area contributed by atoms with Gasteiger partial charge in [0.2, 0.25) is 5.88 Å². The summed E-state index contributed by atoms with van der Waals surface area (Å²) in [4.78, 5) is 18.9. The highest BCUT2D eigenvalue weighted by molar-refractivity contribution is 6.02. The number of aromatic nitrogens is 5. The Morgan fingerprint density at radius 2 is 2.09 bits per heavy atom. The summed E-state index contributed by atoms with van der Waals surface area (Å²) >= 11 is 0. The number of halogens is 2. The zero-order valence-electron chi connectivity index (χ0n) is 25.5. The molecular formula is C33H37F2N7O3. The second-order valence-electron chi connectivity index (χ2n) is 13.5. The van der Waals surface area contributed by atoms with Crippen LogP contribution in [0.15, 0.2) is 12.3 Å². The van der Waals surface area contributed by atoms with Crippen LogP contribution >= 0.6 is 0 Å². The fraction of sp³-hybridized carbons (Fsp3) is 0.576. The number of H-pyrrole nitrogens is 1. The number of aromatic amines is 1. The summed E-state index contributed by atoms with van der Waals surface area (Å²) in [7, 11) is 0. The van der Waals surface area contributed by atoms with E-state index in [1.54, 1.807) is 6.20 Å². The molecule has 3 saturated heterocycles. The Balaban J connectivity index is 1.24. The van der Waals surface area contributed by atoms with Gasteiger partial charge in [-0.2, -0.15) is 15.1 Å². The summed E-state index contributed by atoms with van der Waals surface area (Å²) in [6, 6.07) is 2.10. The Bertz CT molecular complexity index is 1820. The molecule has 0 saturated carbocycles. The van der Waals surface area contributed by atoms with E-state index in [2.05, 4.69) is 33.0 Å². The van der Waals surface area contributed by atoms with Crippen LogP contribution in [0.4, 0.5) is 14.6 Å². The first-order valence-electron chi connectivity index (χ1n) is 16.4. The van der Waals surface area contributed by atoms with Crippen LogP contribution in [0.1, 0.15) is 62.5 Å². The van der Waals surface area contributed by atoms with Gasteiger partial charge >= 0.3 is 6.01 Å². The fourth-order valence-corrected chi connectivity index (χ4v) is 8.65. The molecule has 4 atom stereocenters. The van der Waals surface area contributed by atoms with Crippen LogP contribution in [-0.2, 0) is 11.2 Å². The Morgan fingerprint density at radius 3 is 3.02 bits per heavy atom. The number of anilines is 1. The molecule has 0 unspecified atom stereocenters. The molecule has 4 aromatic rings. The topological polar surface area (TPSA) is 102 Å². The number of fused-ring (bicyclic) bond motifs is 5. The first-order chi connectivity index (χ1) is 22.0. The highest BCUT2D eigenvalue weighted by Gasteiger charge is 2.49. The second-order valence-corrected chi connectivity index (χ2v) is 13.5. The Labute approximate surface area is 259 Å². The van der Waals surface area contributed by atoms with Crippen LogP contribution < -0.4 is 14.4 Å². The summed E-state index contributed by atoms with van der Waals surface area (Å²) in [6.07, 6.45) is 6.97. The van der Waals surface area contributed by atoms with Crippen molar-refractivity contribution < 1.29 is 23.0 Å². The third kappa shape index (κ3) is 4.31. The lowest BCUT2D eigenvalue weighted by atomic mass is 9.79. The van der Waals surface area contributed by atoms with E-state index in [0.717, 1.165) is 67.1 Å². The van der Waals surface area contributed by atoms with Crippen LogP contribution in [-0.4, -0.2) is 93.9 Å². The third-order valence-electron chi connectivity index (χ3n) is 10.8. The predicted molar refractivity (Wildman–Crippen MR) is 164 cm³/mol. The van der Waals surface area contributed by atoms with Crippen molar-refractivity contribution in [2.45, 2.75) is 75.5 Å². The van der Waals surface area contributed by atoms with E-state index in [0.29, 0.717) is 56.4 Å². The van der Waals surface area contributed by atoms with Gasteiger partial charge in [0.25, 0.3) is 0 Å². The van der Waals surface area contributed by atoms with E-state index in [1.807, 2.05) is 0 Å². The standard InChI is InChI=1S/C33H37F2N7O3/c1-18-5-2-6-19-11-23-22(13-36-40-23)25(24(18)19)28-27(35)29-26-30(42-9-4-10-43-15-21(42)16-44-31(26)37-28)39-32(38-29)45-17-33-7-3-8-41(33)14-20(34)12-33/h11,13,18,20-21H,2-10,12,14-17H2,1H3,(H,36,40)/t18-,20-,21+,33+/m1/s1. The van der Waals surface area contributed by atoms with E-state index in [-0.39, 0.29) is 41.3 Å². The van der Waals surface area contributed by atoms with Gasteiger partial charge in [0.15, 0.2) is 5.82 Å². The van der Waals surface area contributed by atoms with Gasteiger partial charge in [0.1, 0.15) is 41.8 Å². The molecule has 12 heteroatoms. The average Bonchev–Trinajstić information content (AvgIpc) is 3.64. The Kier molecular flexibility index (Phi) is 6.42. The smallest absolute Gasteiger partial charge is 0.319 e. The molecule has 236 valence electrons. The molecule has 9 rings (SSSR count). The number of alkyl halides is 1. The number of ether oxygens (including phenoxy) is 3. The first-order valence-corrected chi connectivity index (χ1v) is 16.4. The van der Waals surface area contributed by atoms with Gasteiger partial charge in [0, 0.05) is 37.1 Å². The van der Waals surface area contributed by atoms with E-state index >= 15 is 4.39 Å². The van der Waals surface area contributed by atoms with Crippen LogP contribution in [0.3, 0.4) is 0 Å².